The molecule has 0 aliphatic carbocycles. The van der Waals surface area contributed by atoms with E-state index in [-0.39, 0.29) is 5.91 Å². The fourth-order valence-electron chi connectivity index (χ4n) is 1.93. The highest BCUT2D eigenvalue weighted by molar-refractivity contribution is 7.12. The van der Waals surface area contributed by atoms with Crippen LogP contribution in [0.15, 0.2) is 35.7 Å². The van der Waals surface area contributed by atoms with Crippen molar-refractivity contribution in [3.8, 4) is 0 Å². The molecule has 0 saturated heterocycles. The van der Waals surface area contributed by atoms with Crippen LogP contribution in [-0.4, -0.2) is 13.0 Å². The molecule has 19 heavy (non-hydrogen) atoms. The lowest BCUT2D eigenvalue weighted by Crippen LogP contribution is -2.13. The highest BCUT2D eigenvalue weighted by Gasteiger charge is 2.14. The lowest BCUT2D eigenvalue weighted by molar-refractivity contribution is 0.102. The number of para-hydroxylation sites is 1. The lowest BCUT2D eigenvalue weighted by atomic mass is 10.1. The van der Waals surface area contributed by atoms with Crippen LogP contribution in [0.2, 0.25) is 0 Å². The van der Waals surface area contributed by atoms with E-state index in [1.54, 1.807) is 7.11 Å². The van der Waals surface area contributed by atoms with Gasteiger partial charge < -0.3 is 10.1 Å². The number of ether oxygens (including phenoxy) is 1. The maximum Gasteiger partial charge on any atom is 0.266 e. The van der Waals surface area contributed by atoms with E-state index in [1.807, 2.05) is 35.7 Å². The Kier molecular flexibility index (Phi) is 4.71. The van der Waals surface area contributed by atoms with Gasteiger partial charge in [-0.1, -0.05) is 25.1 Å². The molecule has 4 heteroatoms. The van der Waals surface area contributed by atoms with Crippen LogP contribution >= 0.6 is 11.3 Å². The first-order valence-electron chi connectivity index (χ1n) is 6.20. The number of amides is 1. The highest BCUT2D eigenvalue weighted by atomic mass is 32.1. The molecule has 0 bridgehead atoms. The average Bonchev–Trinajstić information content (AvgIpc) is 2.88. The standard InChI is InChI=1S/C15H17NO2S/c1-3-11-6-4-5-7-13(11)16-15(17)14-12(10-18-2)8-9-19-14/h4-9H,3,10H2,1-2H3,(H,16,17). The van der Waals surface area contributed by atoms with Gasteiger partial charge in [0.2, 0.25) is 0 Å². The van der Waals surface area contributed by atoms with Crippen LogP contribution in [0.4, 0.5) is 5.69 Å². The van der Waals surface area contributed by atoms with Crippen molar-refractivity contribution in [2.75, 3.05) is 12.4 Å². The Bertz CT molecular complexity index is 563. The van der Waals surface area contributed by atoms with Gasteiger partial charge in [0, 0.05) is 18.4 Å². The van der Waals surface area contributed by atoms with E-state index in [2.05, 4.69) is 12.2 Å². The molecule has 0 atom stereocenters. The molecule has 1 aromatic carbocycles. The molecule has 0 aliphatic rings. The highest BCUT2D eigenvalue weighted by Crippen LogP contribution is 2.21. The van der Waals surface area contributed by atoms with Crippen molar-refractivity contribution >= 4 is 22.9 Å². The number of anilines is 1. The number of benzene rings is 1. The Morgan fingerprint density at radius 2 is 2.05 bits per heavy atom. The zero-order chi connectivity index (χ0) is 13.7. The van der Waals surface area contributed by atoms with Gasteiger partial charge in [0.15, 0.2) is 0 Å². The van der Waals surface area contributed by atoms with Gasteiger partial charge in [-0.3, -0.25) is 4.79 Å². The van der Waals surface area contributed by atoms with E-state index >= 15 is 0 Å². The zero-order valence-corrected chi connectivity index (χ0v) is 11.9. The molecule has 0 unspecified atom stereocenters. The molecule has 2 rings (SSSR count). The van der Waals surface area contributed by atoms with E-state index < -0.39 is 0 Å². The van der Waals surface area contributed by atoms with E-state index in [4.69, 9.17) is 4.74 Å². The van der Waals surface area contributed by atoms with Crippen LogP contribution in [0.1, 0.15) is 27.7 Å². The van der Waals surface area contributed by atoms with Gasteiger partial charge in [-0.05, 0) is 29.5 Å². The van der Waals surface area contributed by atoms with Gasteiger partial charge in [0.25, 0.3) is 5.91 Å². The van der Waals surface area contributed by atoms with Crippen molar-refractivity contribution in [3.05, 3.63) is 51.7 Å². The van der Waals surface area contributed by atoms with E-state index in [0.29, 0.717) is 11.5 Å². The summed E-state index contributed by atoms with van der Waals surface area (Å²) in [5, 5.41) is 4.89. The van der Waals surface area contributed by atoms with Crippen LogP contribution in [0.25, 0.3) is 0 Å². The molecule has 3 nitrogen and oxygen atoms in total. The molecule has 0 radical (unpaired) electrons. The van der Waals surface area contributed by atoms with Gasteiger partial charge >= 0.3 is 0 Å². The third kappa shape index (κ3) is 3.22. The zero-order valence-electron chi connectivity index (χ0n) is 11.1. The number of carbonyl (C=O) groups excluding carboxylic acids is 1. The van der Waals surface area contributed by atoms with E-state index in [9.17, 15) is 4.79 Å². The summed E-state index contributed by atoms with van der Waals surface area (Å²) in [5.41, 5.74) is 2.95. The van der Waals surface area contributed by atoms with Crippen LogP contribution in [0.5, 0.6) is 0 Å². The fourth-order valence-corrected chi connectivity index (χ4v) is 2.74. The van der Waals surface area contributed by atoms with Crippen molar-refractivity contribution in [1.29, 1.82) is 0 Å². The number of hydrogen-bond donors (Lipinski definition) is 1. The Morgan fingerprint density at radius 1 is 1.26 bits per heavy atom. The molecule has 0 saturated carbocycles. The number of rotatable bonds is 5. The van der Waals surface area contributed by atoms with Gasteiger partial charge in [-0.25, -0.2) is 0 Å². The third-order valence-electron chi connectivity index (χ3n) is 2.90. The SMILES string of the molecule is CCc1ccccc1NC(=O)c1sccc1COC. The quantitative estimate of drug-likeness (QED) is 0.903. The summed E-state index contributed by atoms with van der Waals surface area (Å²) in [6.07, 6.45) is 0.895. The van der Waals surface area contributed by atoms with Crippen molar-refractivity contribution < 1.29 is 9.53 Å². The van der Waals surface area contributed by atoms with Crippen LogP contribution in [-0.2, 0) is 17.8 Å². The summed E-state index contributed by atoms with van der Waals surface area (Å²) in [6, 6.07) is 9.80. The number of nitrogens with one attached hydrogen (secondary N) is 1. The summed E-state index contributed by atoms with van der Waals surface area (Å²) in [7, 11) is 1.63. The fraction of sp³-hybridized carbons (Fsp3) is 0.267. The molecule has 1 amide bonds. The lowest BCUT2D eigenvalue weighted by Gasteiger charge is -2.09. The van der Waals surface area contributed by atoms with Crippen molar-refractivity contribution in [2.24, 2.45) is 0 Å². The third-order valence-corrected chi connectivity index (χ3v) is 3.85. The summed E-state index contributed by atoms with van der Waals surface area (Å²) in [6.45, 7) is 2.54. The average molecular weight is 275 g/mol. The first-order valence-corrected chi connectivity index (χ1v) is 7.08. The largest absolute Gasteiger partial charge is 0.380 e. The number of aryl methyl sites for hydroxylation is 1. The summed E-state index contributed by atoms with van der Waals surface area (Å²) < 4.78 is 5.10. The minimum atomic E-state index is -0.0667. The molecule has 0 spiro atoms. The number of hydrogen-bond acceptors (Lipinski definition) is 3. The Labute approximate surface area is 117 Å². The Balaban J connectivity index is 2.18. The van der Waals surface area contributed by atoms with Gasteiger partial charge in [0.1, 0.15) is 0 Å². The monoisotopic (exact) mass is 275 g/mol. The predicted octanol–water partition coefficient (Wildman–Crippen LogP) is 3.71. The van der Waals surface area contributed by atoms with Crippen molar-refractivity contribution in [3.63, 3.8) is 0 Å². The first-order chi connectivity index (χ1) is 9.26. The second-order valence-corrected chi connectivity index (χ2v) is 5.09. The van der Waals surface area contributed by atoms with Gasteiger partial charge in [0.05, 0.1) is 11.5 Å². The summed E-state index contributed by atoms with van der Waals surface area (Å²) in [4.78, 5) is 13.0. The minimum Gasteiger partial charge on any atom is -0.380 e. The Morgan fingerprint density at radius 3 is 2.79 bits per heavy atom. The second kappa shape index (κ2) is 6.50. The van der Waals surface area contributed by atoms with E-state index in [0.717, 1.165) is 23.2 Å². The topological polar surface area (TPSA) is 38.3 Å². The van der Waals surface area contributed by atoms with E-state index in [1.165, 1.54) is 11.3 Å². The molecule has 100 valence electrons. The Hall–Kier alpha value is -1.65. The molecular formula is C15H17NO2S. The number of thiophene rings is 1. The summed E-state index contributed by atoms with van der Waals surface area (Å²) >= 11 is 1.44. The van der Waals surface area contributed by atoms with Crippen molar-refractivity contribution in [2.45, 2.75) is 20.0 Å². The molecule has 0 fully saturated rings. The van der Waals surface area contributed by atoms with Gasteiger partial charge in [-0.15, -0.1) is 11.3 Å². The normalized spacial score (nSPS) is 10.4. The second-order valence-electron chi connectivity index (χ2n) is 4.17. The summed E-state index contributed by atoms with van der Waals surface area (Å²) in [5.74, 6) is -0.0667. The molecule has 0 aliphatic heterocycles. The molecule has 1 N–H and O–H groups in total. The first kappa shape index (κ1) is 13.8. The predicted molar refractivity (Wildman–Crippen MR) is 78.8 cm³/mol. The van der Waals surface area contributed by atoms with Crippen LogP contribution in [0.3, 0.4) is 0 Å². The van der Waals surface area contributed by atoms with Gasteiger partial charge in [-0.2, -0.15) is 0 Å². The van der Waals surface area contributed by atoms with Crippen LogP contribution in [0, 0.1) is 0 Å². The molecular weight excluding hydrogens is 258 g/mol. The number of methoxy groups -OCH3 is 1. The molecule has 2 aromatic rings. The minimum absolute atomic E-state index is 0.0667. The maximum atomic E-state index is 12.3. The molecule has 1 heterocycles. The smallest absolute Gasteiger partial charge is 0.266 e. The maximum absolute atomic E-state index is 12.3. The van der Waals surface area contributed by atoms with Crippen molar-refractivity contribution in [1.82, 2.24) is 0 Å². The van der Waals surface area contributed by atoms with Crippen LogP contribution < -0.4 is 5.32 Å². The number of carbonyl (C=O) groups is 1. The molecule has 1 aromatic heterocycles.